The van der Waals surface area contributed by atoms with Crippen LogP contribution in [-0.2, 0) is 9.59 Å². The Morgan fingerprint density at radius 1 is 1.44 bits per heavy atom. The van der Waals surface area contributed by atoms with Crippen LogP contribution in [-0.4, -0.2) is 40.5 Å². The minimum absolute atomic E-state index is 0.0619. The van der Waals surface area contributed by atoms with E-state index in [1.165, 1.54) is 0 Å². The van der Waals surface area contributed by atoms with Crippen LogP contribution in [0.5, 0.6) is 0 Å². The Hall–Kier alpha value is -1.10. The Balaban J connectivity index is 1.93. The lowest BCUT2D eigenvalue weighted by Gasteiger charge is -2.23. The third kappa shape index (κ3) is 2.36. The summed E-state index contributed by atoms with van der Waals surface area (Å²) in [5, 5.41) is 9.14. The number of carbonyl (C=O) groups excluding carboxylic acids is 1. The van der Waals surface area contributed by atoms with Crippen LogP contribution in [0.1, 0.15) is 39.0 Å². The summed E-state index contributed by atoms with van der Waals surface area (Å²) >= 11 is 0. The molecule has 0 aromatic rings. The number of carboxylic acids is 1. The minimum Gasteiger partial charge on any atom is -0.481 e. The summed E-state index contributed by atoms with van der Waals surface area (Å²) in [6.07, 6.45) is 3.74. The van der Waals surface area contributed by atoms with Crippen LogP contribution in [0.25, 0.3) is 0 Å². The molecule has 0 radical (unpaired) electrons. The van der Waals surface area contributed by atoms with Crippen LogP contribution in [0.3, 0.4) is 0 Å². The van der Waals surface area contributed by atoms with E-state index in [0.29, 0.717) is 25.3 Å². The highest BCUT2D eigenvalue weighted by Gasteiger charge is 2.50. The van der Waals surface area contributed by atoms with Gasteiger partial charge in [-0.15, -0.1) is 0 Å². The number of aliphatic carboxylic acids is 1. The number of hydrogen-bond donors (Lipinski definition) is 2. The molecule has 0 saturated carbocycles. The number of carbonyl (C=O) groups is 2. The second kappa shape index (κ2) is 5.26. The molecule has 2 fully saturated rings. The Morgan fingerprint density at radius 2 is 2.17 bits per heavy atom. The van der Waals surface area contributed by atoms with Crippen molar-refractivity contribution in [1.29, 1.82) is 0 Å². The molecule has 1 amide bonds. The molecule has 5 heteroatoms. The topological polar surface area (TPSA) is 83.6 Å². The van der Waals surface area contributed by atoms with Gasteiger partial charge in [-0.1, -0.05) is 6.92 Å². The van der Waals surface area contributed by atoms with E-state index in [1.54, 1.807) is 0 Å². The molecule has 5 nitrogen and oxygen atoms in total. The molecule has 0 aromatic carbocycles. The van der Waals surface area contributed by atoms with Gasteiger partial charge in [0.25, 0.3) is 0 Å². The first-order chi connectivity index (χ1) is 8.54. The molecule has 18 heavy (non-hydrogen) atoms. The predicted octanol–water partition coefficient (Wildman–Crippen LogP) is 0.825. The first kappa shape index (κ1) is 13.3. The number of carboxylic acid groups (broad SMARTS) is 1. The van der Waals surface area contributed by atoms with Crippen molar-refractivity contribution in [2.45, 2.75) is 51.1 Å². The van der Waals surface area contributed by atoms with Crippen LogP contribution in [0, 0.1) is 11.8 Å². The average Bonchev–Trinajstić information content (AvgIpc) is 2.92. The summed E-state index contributed by atoms with van der Waals surface area (Å²) in [6.45, 7) is 2.63. The van der Waals surface area contributed by atoms with E-state index in [2.05, 4.69) is 0 Å². The molecule has 2 heterocycles. The van der Waals surface area contributed by atoms with E-state index in [-0.39, 0.29) is 23.9 Å². The molecule has 4 atom stereocenters. The van der Waals surface area contributed by atoms with Crippen LogP contribution in [0.4, 0.5) is 0 Å². The number of fused-ring (bicyclic) bond motifs is 2. The van der Waals surface area contributed by atoms with Crippen molar-refractivity contribution in [3.8, 4) is 0 Å². The molecule has 2 aliphatic rings. The predicted molar refractivity (Wildman–Crippen MR) is 66.9 cm³/mol. The second-order valence-corrected chi connectivity index (χ2v) is 5.66. The van der Waals surface area contributed by atoms with Crippen molar-refractivity contribution in [2.24, 2.45) is 17.6 Å². The molecule has 3 N–H and O–H groups in total. The van der Waals surface area contributed by atoms with Gasteiger partial charge in [-0.05, 0) is 38.1 Å². The van der Waals surface area contributed by atoms with Crippen LogP contribution in [0.15, 0.2) is 0 Å². The fourth-order valence-electron chi connectivity index (χ4n) is 3.26. The highest BCUT2D eigenvalue weighted by molar-refractivity contribution is 5.80. The first-order valence-electron chi connectivity index (χ1n) is 6.78. The largest absolute Gasteiger partial charge is 0.481 e. The van der Waals surface area contributed by atoms with E-state index >= 15 is 0 Å². The highest BCUT2D eigenvalue weighted by atomic mass is 16.4. The second-order valence-electron chi connectivity index (χ2n) is 5.66. The standard InChI is InChI=1S/C13H22N2O3/c1-8(7-14)2-5-12(16)15-9-3-4-11(15)10(6-9)13(17)18/h8-11H,2-7,14H2,1H3,(H,17,18). The molecular formula is C13H22N2O3. The SMILES string of the molecule is CC(CN)CCC(=O)N1C2CCC1C(C(=O)O)C2. The Kier molecular flexibility index (Phi) is 3.90. The van der Waals surface area contributed by atoms with Crippen molar-refractivity contribution in [2.75, 3.05) is 6.54 Å². The van der Waals surface area contributed by atoms with Crippen LogP contribution < -0.4 is 5.73 Å². The molecule has 0 aliphatic carbocycles. The lowest BCUT2D eigenvalue weighted by molar-refractivity contribution is -0.143. The molecule has 102 valence electrons. The molecule has 4 unspecified atom stereocenters. The lowest BCUT2D eigenvalue weighted by atomic mass is 9.89. The first-order valence-corrected chi connectivity index (χ1v) is 6.78. The van der Waals surface area contributed by atoms with Crippen molar-refractivity contribution in [1.82, 2.24) is 4.90 Å². The van der Waals surface area contributed by atoms with Gasteiger partial charge in [0.1, 0.15) is 0 Å². The maximum absolute atomic E-state index is 12.2. The maximum Gasteiger partial charge on any atom is 0.308 e. The molecule has 0 spiro atoms. The summed E-state index contributed by atoms with van der Waals surface area (Å²) < 4.78 is 0. The number of nitrogens with zero attached hydrogens (tertiary/aromatic N) is 1. The summed E-state index contributed by atoms with van der Waals surface area (Å²) in [4.78, 5) is 25.2. The Morgan fingerprint density at radius 3 is 2.72 bits per heavy atom. The molecule has 0 aromatic heterocycles. The fourth-order valence-corrected chi connectivity index (χ4v) is 3.26. The van der Waals surface area contributed by atoms with Crippen LogP contribution >= 0.6 is 0 Å². The zero-order valence-electron chi connectivity index (χ0n) is 10.8. The van der Waals surface area contributed by atoms with Gasteiger partial charge in [-0.2, -0.15) is 0 Å². The van der Waals surface area contributed by atoms with E-state index in [9.17, 15) is 9.59 Å². The number of rotatable bonds is 5. The maximum atomic E-state index is 12.2. The molecule has 2 saturated heterocycles. The lowest BCUT2D eigenvalue weighted by Crippen LogP contribution is -2.38. The fraction of sp³-hybridized carbons (Fsp3) is 0.846. The Bertz CT molecular complexity index is 345. The third-order valence-corrected chi connectivity index (χ3v) is 4.40. The summed E-state index contributed by atoms with van der Waals surface area (Å²) in [5.74, 6) is -0.633. The molecule has 2 bridgehead atoms. The van der Waals surface area contributed by atoms with E-state index < -0.39 is 5.97 Å². The monoisotopic (exact) mass is 254 g/mol. The molecule has 2 rings (SSSR count). The van der Waals surface area contributed by atoms with Crippen molar-refractivity contribution in [3.05, 3.63) is 0 Å². The van der Waals surface area contributed by atoms with Crippen molar-refractivity contribution < 1.29 is 14.7 Å². The number of amides is 1. The van der Waals surface area contributed by atoms with Crippen LogP contribution in [0.2, 0.25) is 0 Å². The third-order valence-electron chi connectivity index (χ3n) is 4.40. The van der Waals surface area contributed by atoms with Gasteiger partial charge in [0.15, 0.2) is 0 Å². The molecule has 2 aliphatic heterocycles. The zero-order valence-corrected chi connectivity index (χ0v) is 10.8. The van der Waals surface area contributed by atoms with Gasteiger partial charge < -0.3 is 15.7 Å². The van der Waals surface area contributed by atoms with Gasteiger partial charge in [0, 0.05) is 18.5 Å². The van der Waals surface area contributed by atoms with Gasteiger partial charge in [0.2, 0.25) is 5.91 Å². The number of nitrogens with two attached hydrogens (primary N) is 1. The van der Waals surface area contributed by atoms with Gasteiger partial charge in [0.05, 0.1) is 5.92 Å². The minimum atomic E-state index is -0.754. The normalized spacial score (nSPS) is 31.7. The molecular weight excluding hydrogens is 232 g/mol. The summed E-state index contributed by atoms with van der Waals surface area (Å²) in [5.41, 5.74) is 5.54. The smallest absolute Gasteiger partial charge is 0.308 e. The Labute approximate surface area is 107 Å². The highest BCUT2D eigenvalue weighted by Crippen LogP contribution is 2.42. The van der Waals surface area contributed by atoms with Gasteiger partial charge >= 0.3 is 5.97 Å². The number of hydrogen-bond acceptors (Lipinski definition) is 3. The van der Waals surface area contributed by atoms with Crippen molar-refractivity contribution >= 4 is 11.9 Å². The summed E-state index contributed by atoms with van der Waals surface area (Å²) in [6, 6.07) is 0.102. The zero-order chi connectivity index (χ0) is 13.3. The van der Waals surface area contributed by atoms with Crippen molar-refractivity contribution in [3.63, 3.8) is 0 Å². The average molecular weight is 254 g/mol. The van der Waals surface area contributed by atoms with Gasteiger partial charge in [-0.3, -0.25) is 9.59 Å². The quantitative estimate of drug-likeness (QED) is 0.761. The van der Waals surface area contributed by atoms with E-state index in [1.807, 2.05) is 11.8 Å². The van der Waals surface area contributed by atoms with E-state index in [4.69, 9.17) is 10.8 Å². The van der Waals surface area contributed by atoms with E-state index in [0.717, 1.165) is 19.3 Å². The summed E-state index contributed by atoms with van der Waals surface area (Å²) in [7, 11) is 0. The van der Waals surface area contributed by atoms with Gasteiger partial charge in [-0.25, -0.2) is 0 Å².